The van der Waals surface area contributed by atoms with Crippen LogP contribution in [0.3, 0.4) is 0 Å². The number of hydrogen-bond donors (Lipinski definition) is 4. The Morgan fingerprint density at radius 3 is 0.898 bits per heavy atom. The molecule has 1 aromatic carbocycles. The third-order valence-electron chi connectivity index (χ3n) is 12.0. The van der Waals surface area contributed by atoms with Gasteiger partial charge in [0.15, 0.2) is 5.78 Å². The Hall–Kier alpha value is -2.90. The largest absolute Gasteiger partial charge is 0.459 e. The molecule has 4 aliphatic rings. The molecule has 0 spiro atoms. The number of nitrogens with one attached hydrogen (secondary N) is 4. The number of carbonyl (C=O) groups excluding carboxylic acids is 4. The first-order valence-corrected chi connectivity index (χ1v) is 21.8. The van der Waals surface area contributed by atoms with Gasteiger partial charge in [-0.2, -0.15) is 0 Å². The predicted molar refractivity (Wildman–Crippen MR) is 230 cm³/mol. The average molecular weight is 825 g/mol. The van der Waals surface area contributed by atoms with Crippen LogP contribution in [0.1, 0.15) is 204 Å². The van der Waals surface area contributed by atoms with Gasteiger partial charge in [-0.05, 0) is 136 Å². The zero-order valence-electron chi connectivity index (χ0n) is 39.1. The summed E-state index contributed by atoms with van der Waals surface area (Å²) in [5, 5.41) is 14.5. The standard InChI is InChI=1S/C47H76N4O8/c1-40(2)19-28(20-41(3,4)48-40)56-27-36(52)32-17-34(38(54)58-30-23-44(9,10)50-45(11,12)24-30)35(39(55)59-31-25-46(13,14)51-47(15,16)26-31)18-33(32)37(53)57-29-21-42(5,6)49-43(7,8)22-29/h17-18,28-31,48-51H,19-27H2,1-16H3. The zero-order chi connectivity index (χ0) is 44.4. The molecule has 0 bridgehead atoms. The number of Topliss-reactive ketones (excluding diaryl/α,β-unsaturated/α-hetero) is 1. The summed E-state index contributed by atoms with van der Waals surface area (Å²) in [6.45, 7) is 32.8. The van der Waals surface area contributed by atoms with Gasteiger partial charge in [0, 0.05) is 88.4 Å². The third kappa shape index (κ3) is 12.8. The van der Waals surface area contributed by atoms with E-state index in [9.17, 15) is 19.2 Å². The Morgan fingerprint density at radius 2 is 0.627 bits per heavy atom. The molecule has 0 aliphatic carbocycles. The lowest BCUT2D eigenvalue weighted by Gasteiger charge is -2.46. The fourth-order valence-electron chi connectivity index (χ4n) is 11.5. The number of piperidine rings is 4. The lowest BCUT2D eigenvalue weighted by Crippen LogP contribution is -2.60. The summed E-state index contributed by atoms with van der Waals surface area (Å²) in [5.74, 6) is -2.79. The summed E-state index contributed by atoms with van der Waals surface area (Å²) in [6.07, 6.45) is 2.92. The van der Waals surface area contributed by atoms with Crippen molar-refractivity contribution in [2.75, 3.05) is 6.61 Å². The van der Waals surface area contributed by atoms with Crippen molar-refractivity contribution in [2.45, 2.75) is 231 Å². The first-order chi connectivity index (χ1) is 26.6. The van der Waals surface area contributed by atoms with Crippen LogP contribution in [0.4, 0.5) is 0 Å². The lowest BCUT2D eigenvalue weighted by atomic mass is 9.81. The third-order valence-corrected chi connectivity index (χ3v) is 12.0. The van der Waals surface area contributed by atoms with Crippen LogP contribution in [-0.4, -0.2) is 99.0 Å². The minimum absolute atomic E-state index is 0.0616. The van der Waals surface area contributed by atoms with E-state index in [0.717, 1.165) is 0 Å². The van der Waals surface area contributed by atoms with E-state index in [1.165, 1.54) is 12.1 Å². The summed E-state index contributed by atoms with van der Waals surface area (Å²) in [7, 11) is 0. The highest BCUT2D eigenvalue weighted by Gasteiger charge is 2.44. The molecule has 12 nitrogen and oxygen atoms in total. The van der Waals surface area contributed by atoms with Crippen LogP contribution in [0, 0.1) is 0 Å². The fourth-order valence-corrected chi connectivity index (χ4v) is 11.5. The van der Waals surface area contributed by atoms with Crippen LogP contribution >= 0.6 is 0 Å². The number of carbonyl (C=O) groups is 4. The van der Waals surface area contributed by atoms with E-state index in [-0.39, 0.29) is 79.3 Å². The topological polar surface area (TPSA) is 153 Å². The highest BCUT2D eigenvalue weighted by atomic mass is 16.6. The van der Waals surface area contributed by atoms with Gasteiger partial charge >= 0.3 is 17.9 Å². The number of rotatable bonds is 10. The van der Waals surface area contributed by atoms with Crippen LogP contribution in [-0.2, 0) is 18.9 Å². The molecule has 332 valence electrons. The van der Waals surface area contributed by atoms with Crippen molar-refractivity contribution < 1.29 is 38.1 Å². The van der Waals surface area contributed by atoms with Gasteiger partial charge in [-0.3, -0.25) is 4.79 Å². The molecule has 4 fully saturated rings. The Morgan fingerprint density at radius 1 is 0.407 bits per heavy atom. The van der Waals surface area contributed by atoms with Crippen molar-refractivity contribution in [1.82, 2.24) is 21.3 Å². The molecule has 4 saturated heterocycles. The summed E-state index contributed by atoms with van der Waals surface area (Å²) in [5.41, 5.74) is -2.88. The summed E-state index contributed by atoms with van der Waals surface area (Å²) >= 11 is 0. The molecule has 1 aromatic rings. The van der Waals surface area contributed by atoms with Crippen molar-refractivity contribution >= 4 is 23.7 Å². The molecule has 59 heavy (non-hydrogen) atoms. The maximum absolute atomic E-state index is 14.5. The van der Waals surface area contributed by atoms with E-state index in [1.807, 2.05) is 0 Å². The first-order valence-electron chi connectivity index (χ1n) is 21.8. The number of ketones is 1. The molecule has 5 rings (SSSR count). The van der Waals surface area contributed by atoms with E-state index >= 15 is 0 Å². The monoisotopic (exact) mass is 825 g/mol. The molecule has 4 N–H and O–H groups in total. The van der Waals surface area contributed by atoms with Crippen molar-refractivity contribution in [3.05, 3.63) is 34.4 Å². The van der Waals surface area contributed by atoms with Gasteiger partial charge in [0.25, 0.3) is 0 Å². The Labute approximate surface area is 354 Å². The van der Waals surface area contributed by atoms with Crippen LogP contribution in [0.15, 0.2) is 12.1 Å². The summed E-state index contributed by atoms with van der Waals surface area (Å²) in [4.78, 5) is 57.9. The van der Waals surface area contributed by atoms with Gasteiger partial charge in [0.05, 0.1) is 22.8 Å². The minimum Gasteiger partial charge on any atom is -0.459 e. The number of esters is 3. The predicted octanol–water partition coefficient (Wildman–Crippen LogP) is 7.59. The smallest absolute Gasteiger partial charge is 0.339 e. The zero-order valence-corrected chi connectivity index (χ0v) is 39.1. The highest BCUT2D eigenvalue weighted by Crippen LogP contribution is 2.36. The quantitative estimate of drug-likeness (QED) is 0.104. The van der Waals surface area contributed by atoms with Crippen molar-refractivity contribution in [1.29, 1.82) is 0 Å². The SMILES string of the molecule is CC1(C)CC(OCC(=O)c2cc(C(=O)OC3CC(C)(C)NC(C)(C)C3)c(C(=O)OC3CC(C)(C)NC(C)(C)C3)cc2C(=O)OC2CC(C)(C)NC(C)(C)C2)CC(C)(C)N1. The van der Waals surface area contributed by atoms with Gasteiger partial charge in [-0.1, -0.05) is 0 Å². The fraction of sp³-hybridized carbons (Fsp3) is 0.787. The number of ether oxygens (including phenoxy) is 4. The van der Waals surface area contributed by atoms with E-state index < -0.39 is 42.0 Å². The number of benzene rings is 1. The average Bonchev–Trinajstić information content (AvgIpc) is 2.96. The maximum atomic E-state index is 14.5. The highest BCUT2D eigenvalue weighted by molar-refractivity contribution is 6.12. The number of hydrogen-bond acceptors (Lipinski definition) is 12. The van der Waals surface area contributed by atoms with Crippen molar-refractivity contribution in [2.24, 2.45) is 0 Å². The normalized spacial score (nSPS) is 26.0. The Kier molecular flexibility index (Phi) is 12.9. The van der Waals surface area contributed by atoms with Crippen LogP contribution < -0.4 is 21.3 Å². The van der Waals surface area contributed by atoms with E-state index in [1.54, 1.807) is 0 Å². The molecule has 0 atom stereocenters. The maximum Gasteiger partial charge on any atom is 0.339 e. The molecule has 0 radical (unpaired) electrons. The van der Waals surface area contributed by atoms with E-state index in [2.05, 4.69) is 132 Å². The molecule has 0 amide bonds. The second kappa shape index (κ2) is 16.1. The minimum atomic E-state index is -0.769. The van der Waals surface area contributed by atoms with Crippen molar-refractivity contribution in [3.63, 3.8) is 0 Å². The molecular formula is C47H76N4O8. The van der Waals surface area contributed by atoms with Crippen LogP contribution in [0.25, 0.3) is 0 Å². The molecule has 0 saturated carbocycles. The first kappa shape index (κ1) is 47.2. The van der Waals surface area contributed by atoms with Crippen LogP contribution in [0.5, 0.6) is 0 Å². The lowest BCUT2D eigenvalue weighted by molar-refractivity contribution is -0.0160. The molecule has 12 heteroatoms. The Balaban J connectivity index is 1.57. The molecule has 0 aromatic heterocycles. The second-order valence-electron chi connectivity index (χ2n) is 23.6. The molecule has 0 unspecified atom stereocenters. The molecular weight excluding hydrogens is 749 g/mol. The van der Waals surface area contributed by atoms with Crippen LogP contribution in [0.2, 0.25) is 0 Å². The summed E-state index contributed by atoms with van der Waals surface area (Å²) in [6, 6.07) is 2.65. The molecule has 4 heterocycles. The van der Waals surface area contributed by atoms with E-state index in [4.69, 9.17) is 18.9 Å². The summed E-state index contributed by atoms with van der Waals surface area (Å²) < 4.78 is 25.0. The van der Waals surface area contributed by atoms with E-state index in [0.29, 0.717) is 51.4 Å². The van der Waals surface area contributed by atoms with Gasteiger partial charge in [-0.15, -0.1) is 0 Å². The van der Waals surface area contributed by atoms with Gasteiger partial charge < -0.3 is 40.2 Å². The second-order valence-corrected chi connectivity index (χ2v) is 23.6. The molecule has 4 aliphatic heterocycles. The van der Waals surface area contributed by atoms with Gasteiger partial charge in [-0.25, -0.2) is 14.4 Å². The van der Waals surface area contributed by atoms with Gasteiger partial charge in [0.2, 0.25) is 0 Å². The Bertz CT molecular complexity index is 1730. The van der Waals surface area contributed by atoms with Gasteiger partial charge in [0.1, 0.15) is 24.9 Å². The van der Waals surface area contributed by atoms with Crippen molar-refractivity contribution in [3.8, 4) is 0 Å².